The Morgan fingerprint density at radius 2 is 2.23 bits per heavy atom. The van der Waals surface area contributed by atoms with Gasteiger partial charge in [-0.05, 0) is 25.2 Å². The van der Waals surface area contributed by atoms with Crippen molar-refractivity contribution in [2.75, 3.05) is 6.54 Å². The highest BCUT2D eigenvalue weighted by Crippen LogP contribution is 2.23. The van der Waals surface area contributed by atoms with Crippen molar-refractivity contribution in [3.8, 4) is 0 Å². The molecule has 2 heteroatoms. The number of likely N-dealkylation sites (tertiary alicyclic amines) is 1. The van der Waals surface area contributed by atoms with Gasteiger partial charge in [0.25, 0.3) is 0 Å². The highest BCUT2D eigenvalue weighted by atomic mass is 16.2. The van der Waals surface area contributed by atoms with Gasteiger partial charge in [-0.1, -0.05) is 20.8 Å². The lowest BCUT2D eigenvalue weighted by Gasteiger charge is -2.25. The van der Waals surface area contributed by atoms with Crippen LogP contribution in [0.3, 0.4) is 0 Å². The van der Waals surface area contributed by atoms with Gasteiger partial charge in [-0.3, -0.25) is 4.79 Å². The molecule has 0 unspecified atom stereocenters. The zero-order valence-electron chi connectivity index (χ0n) is 9.05. The summed E-state index contributed by atoms with van der Waals surface area (Å²) >= 11 is 0. The first kappa shape index (κ1) is 10.6. The summed E-state index contributed by atoms with van der Waals surface area (Å²) in [4.78, 5) is 13.6. The Balaban J connectivity index is 2.48. The fraction of sp³-hybridized carbons (Fsp3) is 0.909. The fourth-order valence-electron chi connectivity index (χ4n) is 2.16. The third-order valence-corrected chi connectivity index (χ3v) is 2.74. The van der Waals surface area contributed by atoms with Crippen LogP contribution in [0.25, 0.3) is 0 Å². The molecule has 1 heterocycles. The molecule has 0 aromatic rings. The van der Waals surface area contributed by atoms with E-state index in [1.54, 1.807) is 0 Å². The number of hydrogen-bond acceptors (Lipinski definition) is 1. The van der Waals surface area contributed by atoms with Gasteiger partial charge in [0.2, 0.25) is 5.91 Å². The minimum atomic E-state index is 0.336. The Morgan fingerprint density at radius 1 is 1.54 bits per heavy atom. The van der Waals surface area contributed by atoms with Crippen LogP contribution in [-0.2, 0) is 4.79 Å². The van der Waals surface area contributed by atoms with Crippen molar-refractivity contribution < 1.29 is 4.79 Å². The van der Waals surface area contributed by atoms with Gasteiger partial charge in [-0.15, -0.1) is 0 Å². The van der Waals surface area contributed by atoms with Crippen LogP contribution < -0.4 is 0 Å². The van der Waals surface area contributed by atoms with E-state index in [1.807, 2.05) is 6.92 Å². The standard InChI is InChI=1S/C11H21NO/c1-4-11(13)12-7-5-6-10(12)8-9(2)3/h9-10H,4-8H2,1-3H3/t10-/m0/s1. The molecule has 0 aromatic heterocycles. The van der Waals surface area contributed by atoms with Crippen LogP contribution in [0.5, 0.6) is 0 Å². The Bertz CT molecular complexity index is 177. The van der Waals surface area contributed by atoms with Crippen molar-refractivity contribution in [3.63, 3.8) is 0 Å². The van der Waals surface area contributed by atoms with E-state index in [2.05, 4.69) is 18.7 Å². The van der Waals surface area contributed by atoms with Crippen LogP contribution in [0.15, 0.2) is 0 Å². The third kappa shape index (κ3) is 2.71. The van der Waals surface area contributed by atoms with E-state index in [1.165, 1.54) is 19.3 Å². The number of carbonyl (C=O) groups is 1. The van der Waals surface area contributed by atoms with E-state index in [9.17, 15) is 4.79 Å². The fourth-order valence-corrected chi connectivity index (χ4v) is 2.16. The molecule has 1 saturated heterocycles. The van der Waals surface area contributed by atoms with Crippen molar-refractivity contribution in [2.24, 2.45) is 5.92 Å². The largest absolute Gasteiger partial charge is 0.340 e. The van der Waals surface area contributed by atoms with Crippen molar-refractivity contribution >= 4 is 5.91 Å². The summed E-state index contributed by atoms with van der Waals surface area (Å²) in [5.41, 5.74) is 0. The molecule has 1 atom stereocenters. The first-order chi connectivity index (χ1) is 6.15. The molecule has 0 bridgehead atoms. The van der Waals surface area contributed by atoms with E-state index < -0.39 is 0 Å². The van der Waals surface area contributed by atoms with Crippen LogP contribution in [0.2, 0.25) is 0 Å². The topological polar surface area (TPSA) is 20.3 Å². The van der Waals surface area contributed by atoms with Gasteiger partial charge in [0.05, 0.1) is 0 Å². The maximum atomic E-state index is 11.5. The molecular formula is C11H21NO. The van der Waals surface area contributed by atoms with Crippen molar-refractivity contribution in [3.05, 3.63) is 0 Å². The highest BCUT2D eigenvalue weighted by Gasteiger charge is 2.27. The zero-order valence-corrected chi connectivity index (χ0v) is 9.05. The molecule has 0 saturated carbocycles. The predicted molar refractivity (Wildman–Crippen MR) is 54.5 cm³/mol. The SMILES string of the molecule is CCC(=O)N1CCC[C@H]1CC(C)C. The Hall–Kier alpha value is -0.530. The van der Waals surface area contributed by atoms with Crippen LogP contribution in [0.1, 0.15) is 46.5 Å². The van der Waals surface area contributed by atoms with E-state index in [4.69, 9.17) is 0 Å². The number of amides is 1. The number of hydrogen-bond donors (Lipinski definition) is 0. The quantitative estimate of drug-likeness (QED) is 0.658. The minimum Gasteiger partial charge on any atom is -0.340 e. The number of rotatable bonds is 3. The van der Waals surface area contributed by atoms with Gasteiger partial charge in [-0.2, -0.15) is 0 Å². The minimum absolute atomic E-state index is 0.336. The normalized spacial score (nSPS) is 22.8. The molecule has 0 N–H and O–H groups in total. The van der Waals surface area contributed by atoms with Crippen LogP contribution in [0.4, 0.5) is 0 Å². The Morgan fingerprint density at radius 3 is 2.77 bits per heavy atom. The van der Waals surface area contributed by atoms with E-state index in [0.29, 0.717) is 24.3 Å². The smallest absolute Gasteiger partial charge is 0.222 e. The van der Waals surface area contributed by atoms with Gasteiger partial charge in [0, 0.05) is 19.0 Å². The molecule has 76 valence electrons. The van der Waals surface area contributed by atoms with Crippen LogP contribution in [-0.4, -0.2) is 23.4 Å². The number of carbonyl (C=O) groups excluding carboxylic acids is 1. The van der Waals surface area contributed by atoms with Gasteiger partial charge >= 0.3 is 0 Å². The lowest BCUT2D eigenvalue weighted by Crippen LogP contribution is -2.35. The van der Waals surface area contributed by atoms with E-state index in [0.717, 1.165) is 6.54 Å². The van der Waals surface area contributed by atoms with Crippen LogP contribution >= 0.6 is 0 Å². The number of nitrogens with zero attached hydrogens (tertiary/aromatic N) is 1. The summed E-state index contributed by atoms with van der Waals surface area (Å²) in [5.74, 6) is 1.04. The average Bonchev–Trinajstić information content (AvgIpc) is 2.50. The highest BCUT2D eigenvalue weighted by molar-refractivity contribution is 5.76. The molecule has 0 spiro atoms. The average molecular weight is 183 g/mol. The monoisotopic (exact) mass is 183 g/mol. The first-order valence-corrected chi connectivity index (χ1v) is 5.44. The summed E-state index contributed by atoms with van der Waals surface area (Å²) < 4.78 is 0. The van der Waals surface area contributed by atoms with E-state index >= 15 is 0 Å². The summed E-state index contributed by atoms with van der Waals surface area (Å²) in [5, 5.41) is 0. The molecule has 2 nitrogen and oxygen atoms in total. The first-order valence-electron chi connectivity index (χ1n) is 5.44. The molecule has 0 aliphatic carbocycles. The summed E-state index contributed by atoms with van der Waals surface area (Å²) in [6.07, 6.45) is 4.24. The molecular weight excluding hydrogens is 162 g/mol. The molecule has 0 aromatic carbocycles. The lowest BCUT2D eigenvalue weighted by molar-refractivity contribution is -0.131. The molecule has 13 heavy (non-hydrogen) atoms. The van der Waals surface area contributed by atoms with Gasteiger partial charge in [0.1, 0.15) is 0 Å². The van der Waals surface area contributed by atoms with Crippen molar-refractivity contribution in [1.82, 2.24) is 4.90 Å². The molecule has 1 aliphatic heterocycles. The maximum Gasteiger partial charge on any atom is 0.222 e. The molecule has 1 aliphatic rings. The molecule has 1 fully saturated rings. The second kappa shape index (κ2) is 4.64. The Kier molecular flexibility index (Phi) is 3.76. The summed E-state index contributed by atoms with van der Waals surface area (Å²) in [6.45, 7) is 7.40. The second-order valence-electron chi connectivity index (χ2n) is 4.37. The van der Waals surface area contributed by atoms with Gasteiger partial charge < -0.3 is 4.90 Å². The molecule has 1 rings (SSSR count). The Labute approximate surface area is 81.3 Å². The molecule has 0 radical (unpaired) electrons. The van der Waals surface area contributed by atoms with Gasteiger partial charge in [-0.25, -0.2) is 0 Å². The van der Waals surface area contributed by atoms with E-state index in [-0.39, 0.29) is 0 Å². The molecule has 1 amide bonds. The summed E-state index contributed by atoms with van der Waals surface area (Å²) in [6, 6.07) is 0.535. The van der Waals surface area contributed by atoms with Crippen molar-refractivity contribution in [1.29, 1.82) is 0 Å². The van der Waals surface area contributed by atoms with Crippen molar-refractivity contribution in [2.45, 2.75) is 52.5 Å². The predicted octanol–water partition coefficient (Wildman–Crippen LogP) is 2.43. The third-order valence-electron chi connectivity index (χ3n) is 2.74. The zero-order chi connectivity index (χ0) is 9.84. The van der Waals surface area contributed by atoms with Crippen LogP contribution in [0, 0.1) is 5.92 Å². The summed E-state index contributed by atoms with van der Waals surface area (Å²) in [7, 11) is 0. The van der Waals surface area contributed by atoms with Gasteiger partial charge in [0.15, 0.2) is 0 Å². The maximum absolute atomic E-state index is 11.5. The second-order valence-corrected chi connectivity index (χ2v) is 4.37. The lowest BCUT2D eigenvalue weighted by atomic mass is 10.0.